The van der Waals surface area contributed by atoms with Crippen LogP contribution in [0.5, 0.6) is 0 Å². The van der Waals surface area contributed by atoms with E-state index in [9.17, 15) is 13.6 Å². The molecule has 0 atom stereocenters. The van der Waals surface area contributed by atoms with Gasteiger partial charge in [0.2, 0.25) is 0 Å². The molecule has 0 unspecified atom stereocenters. The maximum absolute atomic E-state index is 12.9. The highest BCUT2D eigenvalue weighted by Gasteiger charge is 2.25. The fourth-order valence-corrected chi connectivity index (χ4v) is 2.83. The van der Waals surface area contributed by atoms with Crippen molar-refractivity contribution in [3.05, 3.63) is 42.4 Å². The van der Waals surface area contributed by atoms with Crippen LogP contribution in [0.2, 0.25) is 0 Å². The van der Waals surface area contributed by atoms with Crippen LogP contribution in [0.15, 0.2) is 40.2 Å². The van der Waals surface area contributed by atoms with Gasteiger partial charge in [0.25, 0.3) is 5.91 Å². The number of aliphatic imine (C=N–C) groups is 1. The molecule has 2 aromatic rings. The zero-order valence-electron chi connectivity index (χ0n) is 14.3. The second-order valence-corrected chi connectivity index (χ2v) is 5.69. The van der Waals surface area contributed by atoms with Crippen molar-refractivity contribution >= 4 is 11.9 Å². The normalized spacial score (nSPS) is 15.6. The zero-order valence-corrected chi connectivity index (χ0v) is 14.3. The molecule has 3 rings (SSSR count). The van der Waals surface area contributed by atoms with Crippen LogP contribution >= 0.6 is 0 Å². The summed E-state index contributed by atoms with van der Waals surface area (Å²) in [6.07, 6.45) is 4.05. The third-order valence-electron chi connectivity index (χ3n) is 4.17. The van der Waals surface area contributed by atoms with E-state index in [1.165, 1.54) is 18.7 Å². The number of aromatic nitrogens is 2. The molecule has 2 aromatic heterocycles. The Morgan fingerprint density at radius 1 is 1.35 bits per heavy atom. The predicted molar refractivity (Wildman–Crippen MR) is 89.9 cm³/mol. The van der Waals surface area contributed by atoms with E-state index in [1.54, 1.807) is 24.1 Å². The van der Waals surface area contributed by atoms with E-state index in [2.05, 4.69) is 15.3 Å². The molecular weight excluding hydrogens is 346 g/mol. The van der Waals surface area contributed by atoms with Crippen molar-refractivity contribution < 1.29 is 18.0 Å². The van der Waals surface area contributed by atoms with Crippen LogP contribution in [0.1, 0.15) is 22.9 Å². The molecule has 8 nitrogen and oxygen atoms in total. The Hall–Kier alpha value is -2.91. The highest BCUT2D eigenvalue weighted by atomic mass is 19.3. The lowest BCUT2D eigenvalue weighted by molar-refractivity contribution is 0.0657. The minimum atomic E-state index is -2.63. The number of halogens is 2. The summed E-state index contributed by atoms with van der Waals surface area (Å²) in [4.78, 5) is 24.1. The number of rotatable bonds is 4. The Labute approximate surface area is 149 Å². The van der Waals surface area contributed by atoms with Gasteiger partial charge in [-0.25, -0.2) is 4.98 Å². The molecule has 1 amide bonds. The number of imidazole rings is 1. The molecule has 26 heavy (non-hydrogen) atoms. The van der Waals surface area contributed by atoms with E-state index in [1.807, 2.05) is 4.90 Å². The molecule has 1 saturated heterocycles. The number of hydrogen-bond donors (Lipinski definition) is 1. The van der Waals surface area contributed by atoms with Crippen molar-refractivity contribution in [1.82, 2.24) is 24.7 Å². The van der Waals surface area contributed by atoms with Gasteiger partial charge in [-0.3, -0.25) is 14.4 Å². The van der Waals surface area contributed by atoms with Gasteiger partial charge in [-0.2, -0.15) is 8.78 Å². The number of piperazine rings is 1. The molecule has 3 heterocycles. The molecule has 1 fully saturated rings. The maximum atomic E-state index is 12.9. The average Bonchev–Trinajstić information content (AvgIpc) is 3.34. The maximum Gasteiger partial charge on any atom is 0.319 e. The zero-order chi connectivity index (χ0) is 18.5. The number of carbonyl (C=O) groups is 1. The molecule has 1 aliphatic heterocycles. The lowest BCUT2D eigenvalue weighted by atomic mass is 10.3. The molecule has 0 radical (unpaired) electrons. The Balaban J connectivity index is 1.54. The Kier molecular flexibility index (Phi) is 5.49. The molecule has 1 N–H and O–H groups in total. The van der Waals surface area contributed by atoms with Crippen LogP contribution in [0.4, 0.5) is 8.78 Å². The summed E-state index contributed by atoms with van der Waals surface area (Å²) < 4.78 is 31.7. The monoisotopic (exact) mass is 366 g/mol. The summed E-state index contributed by atoms with van der Waals surface area (Å²) >= 11 is 0. The van der Waals surface area contributed by atoms with Crippen LogP contribution in [-0.2, 0) is 6.54 Å². The molecule has 0 aliphatic carbocycles. The number of nitrogens with zero attached hydrogens (tertiary/aromatic N) is 5. The van der Waals surface area contributed by atoms with E-state index in [0.29, 0.717) is 37.9 Å². The molecule has 0 spiro atoms. The summed E-state index contributed by atoms with van der Waals surface area (Å²) in [6.45, 7) is -0.300. The standard InChI is InChI=1S/C16H20F2N6O2/c1-19-16(21-11-13-20-4-5-24(13)15(17)18)23-8-6-22(7-9-23)14(25)12-3-2-10-26-12/h2-5,10,15H,6-9,11H2,1H3,(H,19,21). The number of amides is 1. The van der Waals surface area contributed by atoms with Crippen LogP contribution < -0.4 is 5.32 Å². The molecule has 0 bridgehead atoms. The number of alkyl halides is 2. The van der Waals surface area contributed by atoms with Crippen molar-refractivity contribution in [3.63, 3.8) is 0 Å². The fraction of sp³-hybridized carbons (Fsp3) is 0.438. The minimum Gasteiger partial charge on any atom is -0.459 e. The van der Waals surface area contributed by atoms with Gasteiger partial charge in [0.05, 0.1) is 12.8 Å². The third-order valence-corrected chi connectivity index (χ3v) is 4.17. The molecule has 140 valence electrons. The topological polar surface area (TPSA) is 78.9 Å². The van der Waals surface area contributed by atoms with Gasteiger partial charge < -0.3 is 19.5 Å². The van der Waals surface area contributed by atoms with Crippen LogP contribution in [0.3, 0.4) is 0 Å². The molecular formula is C16H20F2N6O2. The number of furan rings is 1. The number of nitrogens with one attached hydrogen (secondary N) is 1. The predicted octanol–water partition coefficient (Wildman–Crippen LogP) is 1.40. The largest absolute Gasteiger partial charge is 0.459 e. The Morgan fingerprint density at radius 3 is 2.69 bits per heavy atom. The van der Waals surface area contributed by atoms with Crippen molar-refractivity contribution in [2.45, 2.75) is 13.1 Å². The highest BCUT2D eigenvalue weighted by Crippen LogP contribution is 2.13. The first-order chi connectivity index (χ1) is 12.6. The number of hydrogen-bond acceptors (Lipinski definition) is 4. The molecule has 10 heteroatoms. The number of carbonyl (C=O) groups excluding carboxylic acids is 1. The summed E-state index contributed by atoms with van der Waals surface area (Å²) in [6, 6.07) is 3.32. The fourth-order valence-electron chi connectivity index (χ4n) is 2.83. The summed E-state index contributed by atoms with van der Waals surface area (Å²) in [5.74, 6) is 0.989. The van der Waals surface area contributed by atoms with Crippen molar-refractivity contribution in [2.24, 2.45) is 4.99 Å². The van der Waals surface area contributed by atoms with Gasteiger partial charge in [-0.1, -0.05) is 0 Å². The first kappa shape index (κ1) is 17.9. The van der Waals surface area contributed by atoms with Gasteiger partial charge in [0.15, 0.2) is 11.7 Å². The second kappa shape index (κ2) is 7.98. The van der Waals surface area contributed by atoms with Gasteiger partial charge in [0, 0.05) is 45.6 Å². The quantitative estimate of drug-likeness (QED) is 0.654. The van der Waals surface area contributed by atoms with Crippen LogP contribution in [0, 0.1) is 0 Å². The van der Waals surface area contributed by atoms with Gasteiger partial charge in [-0.15, -0.1) is 0 Å². The molecule has 1 aliphatic rings. The summed E-state index contributed by atoms with van der Waals surface area (Å²) in [5, 5.41) is 3.05. The van der Waals surface area contributed by atoms with Crippen molar-refractivity contribution in [1.29, 1.82) is 0 Å². The first-order valence-electron chi connectivity index (χ1n) is 8.18. The van der Waals surface area contributed by atoms with E-state index in [4.69, 9.17) is 4.42 Å². The van der Waals surface area contributed by atoms with Gasteiger partial charge in [0.1, 0.15) is 5.82 Å². The van der Waals surface area contributed by atoms with Crippen molar-refractivity contribution in [3.8, 4) is 0 Å². The third kappa shape index (κ3) is 3.84. The SMILES string of the molecule is CN=C(NCc1nccn1C(F)F)N1CCN(C(=O)c2ccco2)CC1. The van der Waals surface area contributed by atoms with Crippen LogP contribution in [-0.4, -0.2) is 64.4 Å². The lowest BCUT2D eigenvalue weighted by Crippen LogP contribution is -2.53. The number of guanidine groups is 1. The summed E-state index contributed by atoms with van der Waals surface area (Å²) in [7, 11) is 1.63. The molecule has 0 saturated carbocycles. The van der Waals surface area contributed by atoms with Crippen LogP contribution in [0.25, 0.3) is 0 Å². The van der Waals surface area contributed by atoms with Crippen molar-refractivity contribution in [2.75, 3.05) is 33.2 Å². The van der Waals surface area contributed by atoms with E-state index < -0.39 is 6.55 Å². The second-order valence-electron chi connectivity index (χ2n) is 5.69. The van der Waals surface area contributed by atoms with E-state index in [0.717, 1.165) is 4.57 Å². The first-order valence-corrected chi connectivity index (χ1v) is 8.18. The van der Waals surface area contributed by atoms with Gasteiger partial charge >= 0.3 is 6.55 Å². The Bertz CT molecular complexity index is 751. The highest BCUT2D eigenvalue weighted by molar-refractivity contribution is 5.91. The Morgan fingerprint density at radius 2 is 2.08 bits per heavy atom. The summed E-state index contributed by atoms with van der Waals surface area (Å²) in [5.41, 5.74) is 0. The molecule has 0 aromatic carbocycles. The van der Waals surface area contributed by atoms with Gasteiger partial charge in [-0.05, 0) is 12.1 Å². The smallest absolute Gasteiger partial charge is 0.319 e. The lowest BCUT2D eigenvalue weighted by Gasteiger charge is -2.36. The van der Waals surface area contributed by atoms with E-state index in [-0.39, 0.29) is 18.3 Å². The van der Waals surface area contributed by atoms with E-state index >= 15 is 0 Å². The average molecular weight is 366 g/mol. The minimum absolute atomic E-state index is 0.134.